The quantitative estimate of drug-likeness (QED) is 0.610. The van der Waals surface area contributed by atoms with Gasteiger partial charge in [0.1, 0.15) is 11.8 Å². The maximum absolute atomic E-state index is 13.0. The zero-order chi connectivity index (χ0) is 22.1. The second-order valence-corrected chi connectivity index (χ2v) is 7.83. The van der Waals surface area contributed by atoms with Crippen LogP contribution in [0.3, 0.4) is 0 Å². The summed E-state index contributed by atoms with van der Waals surface area (Å²) in [4.78, 5) is 27.1. The van der Waals surface area contributed by atoms with E-state index >= 15 is 0 Å². The van der Waals surface area contributed by atoms with Gasteiger partial charge in [0.05, 0.1) is 0 Å². The van der Waals surface area contributed by atoms with Gasteiger partial charge in [-0.25, -0.2) is 0 Å². The molecule has 162 valence electrons. The third-order valence-corrected chi connectivity index (χ3v) is 5.57. The van der Waals surface area contributed by atoms with Crippen LogP contribution >= 0.6 is 11.6 Å². The molecule has 0 fully saturated rings. The fourth-order valence-corrected chi connectivity index (χ4v) is 3.29. The number of benzene rings is 2. The zero-order valence-corrected chi connectivity index (χ0v) is 19.0. The van der Waals surface area contributed by atoms with Gasteiger partial charge in [-0.05, 0) is 62.4 Å². The lowest BCUT2D eigenvalue weighted by atomic mass is 10.1. The Morgan fingerprint density at radius 2 is 1.77 bits per heavy atom. The Balaban J connectivity index is 2.09. The Hall–Kier alpha value is -2.53. The second kappa shape index (κ2) is 11.6. The van der Waals surface area contributed by atoms with Gasteiger partial charge >= 0.3 is 0 Å². The number of nitrogens with one attached hydrogen (secondary N) is 1. The maximum atomic E-state index is 13.0. The van der Waals surface area contributed by atoms with Crippen LogP contribution in [0.4, 0.5) is 0 Å². The Bertz CT molecular complexity index is 832. The molecule has 0 saturated carbocycles. The first-order valence-electron chi connectivity index (χ1n) is 10.3. The average Bonchev–Trinajstić information content (AvgIpc) is 2.74. The van der Waals surface area contributed by atoms with E-state index in [9.17, 15) is 9.59 Å². The van der Waals surface area contributed by atoms with Gasteiger partial charge in [-0.2, -0.15) is 0 Å². The molecule has 0 saturated heterocycles. The van der Waals surface area contributed by atoms with Gasteiger partial charge in [0.15, 0.2) is 6.61 Å². The molecule has 2 aromatic carbocycles. The van der Waals surface area contributed by atoms with Crippen molar-refractivity contribution in [1.29, 1.82) is 0 Å². The summed E-state index contributed by atoms with van der Waals surface area (Å²) in [6, 6.07) is 13.0. The number of aryl methyl sites for hydroxylation is 2. The molecule has 2 aromatic rings. The number of amides is 2. The van der Waals surface area contributed by atoms with E-state index in [4.69, 9.17) is 16.3 Å². The van der Waals surface area contributed by atoms with Crippen molar-refractivity contribution in [2.45, 2.75) is 46.6 Å². The van der Waals surface area contributed by atoms with Gasteiger partial charge in [-0.15, -0.1) is 0 Å². The van der Waals surface area contributed by atoms with Crippen LogP contribution in [-0.2, 0) is 16.0 Å². The molecule has 1 N–H and O–H groups in total. The van der Waals surface area contributed by atoms with Crippen LogP contribution in [0, 0.1) is 13.8 Å². The minimum atomic E-state index is -0.579. The number of rotatable bonds is 10. The molecular formula is C24H31ClN2O3. The minimum absolute atomic E-state index is 0.138. The number of hydrogen-bond acceptors (Lipinski definition) is 3. The van der Waals surface area contributed by atoms with Crippen LogP contribution in [0.2, 0.25) is 5.02 Å². The fraction of sp³-hybridized carbons (Fsp3) is 0.417. The van der Waals surface area contributed by atoms with Crippen LogP contribution in [0.25, 0.3) is 0 Å². The topological polar surface area (TPSA) is 58.6 Å². The van der Waals surface area contributed by atoms with Crippen LogP contribution in [-0.4, -0.2) is 42.5 Å². The number of hydrogen-bond donors (Lipinski definition) is 1. The average molecular weight is 431 g/mol. The Morgan fingerprint density at radius 3 is 2.37 bits per heavy atom. The molecule has 30 heavy (non-hydrogen) atoms. The van der Waals surface area contributed by atoms with E-state index < -0.39 is 6.04 Å². The summed E-state index contributed by atoms with van der Waals surface area (Å²) in [6.45, 7) is 8.43. The number of ether oxygens (including phenoxy) is 1. The van der Waals surface area contributed by atoms with Crippen molar-refractivity contribution in [3.8, 4) is 5.75 Å². The number of carbonyl (C=O) groups excluding carboxylic acids is 2. The molecular weight excluding hydrogens is 400 g/mol. The van der Waals surface area contributed by atoms with Crippen molar-refractivity contribution in [2.24, 2.45) is 0 Å². The first-order chi connectivity index (χ1) is 14.3. The molecule has 0 bridgehead atoms. The van der Waals surface area contributed by atoms with Gasteiger partial charge in [0.25, 0.3) is 5.91 Å². The lowest BCUT2D eigenvalue weighted by molar-refractivity contribution is -0.141. The first-order valence-corrected chi connectivity index (χ1v) is 10.7. The van der Waals surface area contributed by atoms with Gasteiger partial charge in [-0.1, -0.05) is 48.9 Å². The van der Waals surface area contributed by atoms with Gasteiger partial charge < -0.3 is 15.0 Å². The fourth-order valence-electron chi connectivity index (χ4n) is 3.18. The summed E-state index contributed by atoms with van der Waals surface area (Å²) >= 11 is 6.21. The van der Waals surface area contributed by atoms with Gasteiger partial charge in [0.2, 0.25) is 5.91 Å². The molecule has 2 amide bonds. The van der Waals surface area contributed by atoms with Crippen LogP contribution in [0.5, 0.6) is 5.75 Å². The van der Waals surface area contributed by atoms with E-state index in [2.05, 4.69) is 5.32 Å². The molecule has 0 aliphatic heterocycles. The van der Waals surface area contributed by atoms with E-state index in [0.29, 0.717) is 30.3 Å². The van der Waals surface area contributed by atoms with Crippen molar-refractivity contribution in [1.82, 2.24) is 10.2 Å². The van der Waals surface area contributed by atoms with E-state index in [1.165, 1.54) is 0 Å². The second-order valence-electron chi connectivity index (χ2n) is 7.45. The lowest BCUT2D eigenvalue weighted by Crippen LogP contribution is -2.50. The smallest absolute Gasteiger partial charge is 0.261 e. The van der Waals surface area contributed by atoms with Crippen LogP contribution in [0.15, 0.2) is 42.5 Å². The molecule has 6 heteroatoms. The molecule has 0 aliphatic carbocycles. The normalized spacial score (nSPS) is 11.6. The van der Waals surface area contributed by atoms with Gasteiger partial charge in [-0.3, -0.25) is 9.59 Å². The summed E-state index contributed by atoms with van der Waals surface area (Å²) in [5.41, 5.74) is 2.90. The van der Waals surface area contributed by atoms with Crippen molar-refractivity contribution in [2.75, 3.05) is 19.7 Å². The minimum Gasteiger partial charge on any atom is -0.484 e. The zero-order valence-electron chi connectivity index (χ0n) is 18.2. The van der Waals surface area contributed by atoms with E-state index in [-0.39, 0.29) is 18.4 Å². The van der Waals surface area contributed by atoms with Crippen molar-refractivity contribution in [3.05, 3.63) is 64.2 Å². The molecule has 0 heterocycles. The van der Waals surface area contributed by atoms with Crippen molar-refractivity contribution < 1.29 is 14.3 Å². The summed E-state index contributed by atoms with van der Waals surface area (Å²) in [6.07, 6.45) is 1.51. The highest BCUT2D eigenvalue weighted by atomic mass is 35.5. The Kier molecular flexibility index (Phi) is 9.18. The molecule has 0 aliphatic rings. The predicted octanol–water partition coefficient (Wildman–Crippen LogP) is 4.32. The molecule has 0 spiro atoms. The number of nitrogens with zero attached hydrogens (tertiary/aromatic N) is 1. The molecule has 5 nitrogen and oxygen atoms in total. The van der Waals surface area contributed by atoms with Crippen LogP contribution < -0.4 is 10.1 Å². The summed E-state index contributed by atoms with van der Waals surface area (Å²) in [7, 11) is 0. The summed E-state index contributed by atoms with van der Waals surface area (Å²) < 4.78 is 5.75. The third kappa shape index (κ3) is 6.77. The Morgan fingerprint density at radius 1 is 1.13 bits per heavy atom. The highest BCUT2D eigenvalue weighted by molar-refractivity contribution is 6.32. The van der Waals surface area contributed by atoms with E-state index in [1.807, 2.05) is 63.2 Å². The molecule has 1 atom stereocenters. The highest BCUT2D eigenvalue weighted by Gasteiger charge is 2.26. The van der Waals surface area contributed by atoms with Crippen molar-refractivity contribution in [3.63, 3.8) is 0 Å². The molecule has 0 radical (unpaired) electrons. The first kappa shape index (κ1) is 23.7. The summed E-state index contributed by atoms with van der Waals surface area (Å²) in [5, 5.41) is 3.57. The monoisotopic (exact) mass is 430 g/mol. The molecule has 0 unspecified atom stereocenters. The maximum Gasteiger partial charge on any atom is 0.261 e. The number of halogens is 1. The van der Waals surface area contributed by atoms with E-state index in [0.717, 1.165) is 23.1 Å². The van der Waals surface area contributed by atoms with Gasteiger partial charge in [0, 0.05) is 18.1 Å². The molecule has 2 rings (SSSR count). The Labute approximate surface area is 184 Å². The highest BCUT2D eigenvalue weighted by Crippen LogP contribution is 2.25. The van der Waals surface area contributed by atoms with E-state index in [1.54, 1.807) is 11.8 Å². The lowest BCUT2D eigenvalue weighted by Gasteiger charge is -2.28. The van der Waals surface area contributed by atoms with Crippen molar-refractivity contribution >= 4 is 23.4 Å². The van der Waals surface area contributed by atoms with Crippen LogP contribution in [0.1, 0.15) is 37.0 Å². The standard InChI is InChI=1S/C24H31ClN2O3/c1-5-12-26-24(29)19(4)27(13-11-20-9-7-6-8-10-20)22(28)16-30-21-14-17(2)23(25)18(3)15-21/h6-10,14-15,19H,5,11-13,16H2,1-4H3,(H,26,29)/t19-/m1/s1. The molecule has 0 aromatic heterocycles. The summed E-state index contributed by atoms with van der Waals surface area (Å²) in [5.74, 6) is 0.209. The largest absolute Gasteiger partial charge is 0.484 e. The predicted molar refractivity (Wildman–Crippen MR) is 121 cm³/mol. The third-order valence-electron chi connectivity index (χ3n) is 4.97. The number of carbonyl (C=O) groups is 2. The SMILES string of the molecule is CCCNC(=O)[C@@H](C)N(CCc1ccccc1)C(=O)COc1cc(C)c(Cl)c(C)c1.